The molecule has 6 heteroatoms. The van der Waals surface area contributed by atoms with Crippen LogP contribution in [-0.2, 0) is 26.4 Å². The summed E-state index contributed by atoms with van der Waals surface area (Å²) in [4.78, 5) is 21.2. The Morgan fingerprint density at radius 1 is 1.19 bits per heavy atom. The van der Waals surface area contributed by atoms with Gasteiger partial charge in [0.2, 0.25) is 0 Å². The normalized spacial score (nSPS) is 13.1. The molecule has 5 nitrogen and oxygen atoms in total. The van der Waals surface area contributed by atoms with Gasteiger partial charge in [-0.2, -0.15) is 13.9 Å². The number of carbonyl (C=O) groups excluding carboxylic acids is 1. The van der Waals surface area contributed by atoms with Gasteiger partial charge in [0.15, 0.2) is 6.16 Å². The molecule has 0 aliphatic carbocycles. The molecule has 1 rings (SSSR count). The van der Waals surface area contributed by atoms with Crippen LogP contribution in [0.1, 0.15) is 25.0 Å². The Morgan fingerprint density at radius 3 is 2.14 bits per heavy atom. The Morgan fingerprint density at radius 2 is 1.71 bits per heavy atom. The number of rotatable bonds is 10. The van der Waals surface area contributed by atoms with Crippen LogP contribution in [0.2, 0.25) is 0 Å². The molecule has 0 heterocycles. The highest BCUT2D eigenvalue weighted by molar-refractivity contribution is 7.59. The van der Waals surface area contributed by atoms with Crippen molar-refractivity contribution in [2.24, 2.45) is 0 Å². The first-order valence-corrected chi connectivity index (χ1v) is 8.93. The highest BCUT2D eigenvalue weighted by Crippen LogP contribution is 2.59. The number of hydrogen-bond acceptors (Lipinski definition) is 5. The molecule has 0 radical (unpaired) electrons. The second kappa shape index (κ2) is 9.23. The van der Waals surface area contributed by atoms with Crippen molar-refractivity contribution in [3.05, 3.63) is 35.4 Å². The number of aldehydes is 1. The summed E-state index contributed by atoms with van der Waals surface area (Å²) in [7, 11) is -1.05. The zero-order valence-corrected chi connectivity index (χ0v) is 13.8. The minimum atomic E-state index is -2.81. The van der Waals surface area contributed by atoms with Crippen LogP contribution >= 0.6 is 7.94 Å². The van der Waals surface area contributed by atoms with E-state index in [9.17, 15) is 9.69 Å². The lowest BCUT2D eigenvalue weighted by Gasteiger charge is -2.16. The fraction of sp³-hybridized carbons (Fsp3) is 0.533. The molecule has 0 amide bonds. The van der Waals surface area contributed by atoms with E-state index in [4.69, 9.17) is 9.05 Å². The van der Waals surface area contributed by atoms with Gasteiger partial charge in [0.05, 0.1) is 19.3 Å². The van der Waals surface area contributed by atoms with Gasteiger partial charge in [0, 0.05) is 0 Å². The van der Waals surface area contributed by atoms with E-state index < -0.39 is 7.94 Å². The number of nitrogens with one attached hydrogen (secondary N) is 1. The van der Waals surface area contributed by atoms with Crippen LogP contribution in [0.25, 0.3) is 0 Å². The molecule has 0 aromatic heterocycles. The van der Waals surface area contributed by atoms with Gasteiger partial charge in [0.1, 0.15) is 6.29 Å². The molecule has 0 aliphatic rings. The minimum Gasteiger partial charge on any atom is -0.311 e. The van der Waals surface area contributed by atoms with E-state index in [1.165, 1.54) is 0 Å². The summed E-state index contributed by atoms with van der Waals surface area (Å²) in [6.45, 7) is 4.52. The van der Waals surface area contributed by atoms with E-state index in [2.05, 4.69) is 5.32 Å². The van der Waals surface area contributed by atoms with Crippen molar-refractivity contribution >= 4 is 14.2 Å². The van der Waals surface area contributed by atoms with Crippen molar-refractivity contribution in [2.45, 2.75) is 32.5 Å². The monoisotopic (exact) mass is 314 g/mol. The fourth-order valence-electron chi connectivity index (χ4n) is 2.02. The third-order valence-electron chi connectivity index (χ3n) is 3.06. The number of likely N-dealkylation sites (N-methyl/N-ethyl adjacent to an activating group) is 1. The largest absolute Gasteiger partial charge is 0.413 e. The molecule has 118 valence electrons. The summed E-state index contributed by atoms with van der Waals surface area (Å²) in [5.74, 6) is 0. The van der Waals surface area contributed by atoms with Gasteiger partial charge in [-0.25, -0.2) is 0 Å². The minimum absolute atomic E-state index is 0.174. The molecule has 0 saturated heterocycles. The van der Waals surface area contributed by atoms with E-state index in [1.807, 2.05) is 38.1 Å². The van der Waals surface area contributed by atoms with Gasteiger partial charge >= 0.3 is 7.94 Å². The predicted molar refractivity (Wildman–Crippen MR) is 85.2 cm³/mol. The second-order valence-corrected chi connectivity index (χ2v) is 6.79. The zero-order valence-electron chi connectivity index (χ0n) is 12.9. The molecule has 0 unspecified atom stereocenters. The third kappa shape index (κ3) is 6.20. The quantitative estimate of drug-likeness (QED) is 0.512. The van der Waals surface area contributed by atoms with Crippen molar-refractivity contribution in [1.29, 1.82) is 0 Å². The van der Waals surface area contributed by atoms with E-state index in [1.54, 1.807) is 7.05 Å². The van der Waals surface area contributed by atoms with Crippen LogP contribution in [0, 0.1) is 0 Å². The maximum Gasteiger partial charge on any atom is 0.413 e. The van der Waals surface area contributed by atoms with E-state index >= 15 is 0 Å². The Labute approximate surface area is 127 Å². The number of carbonyl (C=O) groups is 1. The fourth-order valence-corrected chi connectivity index (χ4v) is 3.75. The summed E-state index contributed by atoms with van der Waals surface area (Å²) in [5, 5.41) is 2.94. The molecule has 1 atom stereocenters. The topological polar surface area (TPSA) is 67.8 Å². The van der Waals surface area contributed by atoms with Gasteiger partial charge in [-0.05, 0) is 38.4 Å². The Balaban J connectivity index is 2.70. The summed E-state index contributed by atoms with van der Waals surface area (Å²) in [6.07, 6.45) is 1.93. The summed E-state index contributed by atoms with van der Waals surface area (Å²) in [6, 6.07) is 7.63. The standard InChI is InChI=1S/C15H25NO4P/c1-4-19-21(18,20-5-2)12-14-8-6-13(7-9-14)10-15(11-17)16-3/h6-9,11,15-16,18H,4-5,10,12H2,1-3H3/q+1/t15-/m0/s1. The molecule has 0 fully saturated rings. The van der Waals surface area contributed by atoms with Crippen LogP contribution in [0.4, 0.5) is 0 Å². The smallest absolute Gasteiger partial charge is 0.311 e. The van der Waals surface area contributed by atoms with Gasteiger partial charge in [-0.15, -0.1) is 0 Å². The molecule has 0 spiro atoms. The molecule has 0 aliphatic heterocycles. The lowest BCUT2D eigenvalue weighted by atomic mass is 10.1. The SMILES string of the molecule is CCO[P+](O)(Cc1ccc(C[C@@H](C=O)NC)cc1)OCC. The molecule has 1 aromatic carbocycles. The van der Waals surface area contributed by atoms with Gasteiger partial charge in [-0.3, -0.25) is 0 Å². The molecule has 0 saturated carbocycles. The third-order valence-corrected chi connectivity index (χ3v) is 5.15. The average Bonchev–Trinajstić information content (AvgIpc) is 2.47. The highest BCUT2D eigenvalue weighted by atomic mass is 31.2. The van der Waals surface area contributed by atoms with Crippen LogP contribution < -0.4 is 5.32 Å². The lowest BCUT2D eigenvalue weighted by molar-refractivity contribution is -0.109. The van der Waals surface area contributed by atoms with E-state index in [0.29, 0.717) is 25.8 Å². The molecule has 0 bridgehead atoms. The molecular weight excluding hydrogens is 289 g/mol. The summed E-state index contributed by atoms with van der Waals surface area (Å²) >= 11 is 0. The number of benzene rings is 1. The van der Waals surface area contributed by atoms with Crippen LogP contribution in [-0.4, -0.2) is 37.5 Å². The van der Waals surface area contributed by atoms with E-state index in [-0.39, 0.29) is 6.04 Å². The van der Waals surface area contributed by atoms with Gasteiger partial charge < -0.3 is 10.1 Å². The van der Waals surface area contributed by atoms with Gasteiger partial charge in [-0.1, -0.05) is 24.3 Å². The molecule has 21 heavy (non-hydrogen) atoms. The predicted octanol–water partition coefficient (Wildman–Crippen LogP) is 2.34. The summed E-state index contributed by atoms with van der Waals surface area (Å²) < 4.78 is 10.8. The molecule has 2 N–H and O–H groups in total. The van der Waals surface area contributed by atoms with Crippen molar-refractivity contribution in [2.75, 3.05) is 20.3 Å². The maximum absolute atomic E-state index is 10.8. The lowest BCUT2D eigenvalue weighted by Crippen LogP contribution is -2.28. The Bertz CT molecular complexity index is 418. The zero-order chi connectivity index (χ0) is 15.7. The number of hydrogen-bond donors (Lipinski definition) is 2. The van der Waals surface area contributed by atoms with Crippen LogP contribution in [0.15, 0.2) is 24.3 Å². The Hall–Kier alpha value is -0.840. The maximum atomic E-state index is 10.8. The first-order valence-electron chi connectivity index (χ1n) is 7.17. The van der Waals surface area contributed by atoms with Crippen molar-refractivity contribution < 1.29 is 18.7 Å². The highest BCUT2D eigenvalue weighted by Gasteiger charge is 2.39. The van der Waals surface area contributed by atoms with Crippen LogP contribution in [0.5, 0.6) is 0 Å². The summed E-state index contributed by atoms with van der Waals surface area (Å²) in [5.41, 5.74) is 2.03. The second-order valence-electron chi connectivity index (χ2n) is 4.68. The Kier molecular flexibility index (Phi) is 8.01. The first kappa shape index (κ1) is 18.2. The van der Waals surface area contributed by atoms with Crippen molar-refractivity contribution in [3.8, 4) is 0 Å². The first-order chi connectivity index (χ1) is 10.1. The van der Waals surface area contributed by atoms with E-state index in [0.717, 1.165) is 17.4 Å². The molecule has 1 aromatic rings. The van der Waals surface area contributed by atoms with Crippen molar-refractivity contribution in [3.63, 3.8) is 0 Å². The van der Waals surface area contributed by atoms with Crippen molar-refractivity contribution in [1.82, 2.24) is 5.32 Å². The molecular formula is C15H25NO4P+. The van der Waals surface area contributed by atoms with Crippen LogP contribution in [0.3, 0.4) is 0 Å². The van der Waals surface area contributed by atoms with Gasteiger partial charge in [0.25, 0.3) is 0 Å². The average molecular weight is 314 g/mol.